The second kappa shape index (κ2) is 6.06. The lowest BCUT2D eigenvalue weighted by atomic mass is 10.0. The first-order valence-corrected chi connectivity index (χ1v) is 8.68. The number of nitrogens with zero attached hydrogens (tertiary/aromatic N) is 3. The van der Waals surface area contributed by atoms with Crippen molar-refractivity contribution in [1.82, 2.24) is 14.7 Å². The minimum absolute atomic E-state index is 0.111. The summed E-state index contributed by atoms with van der Waals surface area (Å²) < 4.78 is 7.40. The van der Waals surface area contributed by atoms with Crippen molar-refractivity contribution in [2.75, 3.05) is 26.3 Å². The molecule has 126 valence electrons. The summed E-state index contributed by atoms with van der Waals surface area (Å²) in [6.07, 6.45) is 2.50. The number of amides is 1. The summed E-state index contributed by atoms with van der Waals surface area (Å²) >= 11 is 0. The van der Waals surface area contributed by atoms with Crippen LogP contribution in [0.25, 0.3) is 5.69 Å². The van der Waals surface area contributed by atoms with Gasteiger partial charge in [0.05, 0.1) is 36.4 Å². The van der Waals surface area contributed by atoms with Gasteiger partial charge in [-0.1, -0.05) is 24.6 Å². The Morgan fingerprint density at radius 2 is 1.88 bits per heavy atom. The van der Waals surface area contributed by atoms with E-state index in [2.05, 4.69) is 31.1 Å². The molecule has 0 aliphatic carbocycles. The number of hydrogen-bond acceptors (Lipinski definition) is 3. The van der Waals surface area contributed by atoms with E-state index in [-0.39, 0.29) is 5.91 Å². The summed E-state index contributed by atoms with van der Waals surface area (Å²) in [5.41, 5.74) is 3.94. The van der Waals surface area contributed by atoms with Gasteiger partial charge in [-0.25, -0.2) is 4.68 Å². The van der Waals surface area contributed by atoms with E-state index in [0.717, 1.165) is 49.7 Å². The second-order valence-electron chi connectivity index (χ2n) is 6.87. The Morgan fingerprint density at radius 3 is 2.50 bits per heavy atom. The lowest BCUT2D eigenvalue weighted by molar-refractivity contribution is 0.0750. The molecule has 5 heteroatoms. The van der Waals surface area contributed by atoms with E-state index in [1.54, 1.807) is 6.20 Å². The van der Waals surface area contributed by atoms with Crippen molar-refractivity contribution < 1.29 is 9.53 Å². The first-order chi connectivity index (χ1) is 11.7. The van der Waals surface area contributed by atoms with E-state index in [0.29, 0.717) is 11.8 Å². The van der Waals surface area contributed by atoms with Gasteiger partial charge in [-0.3, -0.25) is 4.79 Å². The Balaban J connectivity index is 1.62. The molecule has 0 radical (unpaired) electrons. The highest BCUT2D eigenvalue weighted by Gasteiger charge is 2.39. The van der Waals surface area contributed by atoms with E-state index in [9.17, 15) is 4.79 Å². The Kier molecular flexibility index (Phi) is 3.88. The Morgan fingerprint density at radius 1 is 1.21 bits per heavy atom. The first kappa shape index (κ1) is 15.4. The Labute approximate surface area is 142 Å². The quantitative estimate of drug-likeness (QED) is 0.871. The molecule has 0 spiro atoms. The number of hydrogen-bond donors (Lipinski definition) is 0. The number of aromatic nitrogens is 2. The number of carbonyl (C=O) groups excluding carboxylic acids is 1. The van der Waals surface area contributed by atoms with Crippen molar-refractivity contribution in [3.8, 4) is 5.69 Å². The van der Waals surface area contributed by atoms with Crippen LogP contribution >= 0.6 is 0 Å². The van der Waals surface area contributed by atoms with Crippen molar-refractivity contribution in [3.05, 3.63) is 47.3 Å². The van der Waals surface area contributed by atoms with Gasteiger partial charge in [0, 0.05) is 24.9 Å². The molecule has 0 bridgehead atoms. The summed E-state index contributed by atoms with van der Waals surface area (Å²) in [5.74, 6) is 1.12. The van der Waals surface area contributed by atoms with Crippen LogP contribution in [0.5, 0.6) is 0 Å². The molecule has 1 amide bonds. The molecule has 0 unspecified atom stereocenters. The van der Waals surface area contributed by atoms with Crippen LogP contribution in [0.2, 0.25) is 0 Å². The average Bonchev–Trinajstić information content (AvgIpc) is 3.28. The molecule has 1 aromatic carbocycles. The molecule has 2 aliphatic rings. The van der Waals surface area contributed by atoms with Crippen molar-refractivity contribution in [2.45, 2.75) is 20.3 Å². The largest absolute Gasteiger partial charge is 0.381 e. The van der Waals surface area contributed by atoms with Crippen LogP contribution in [0.15, 0.2) is 30.5 Å². The molecular weight excluding hydrogens is 302 g/mol. The normalized spacial score (nSPS) is 22.8. The topological polar surface area (TPSA) is 47.4 Å². The van der Waals surface area contributed by atoms with Gasteiger partial charge < -0.3 is 9.64 Å². The van der Waals surface area contributed by atoms with Gasteiger partial charge in [0.1, 0.15) is 0 Å². The predicted octanol–water partition coefficient (Wildman–Crippen LogP) is 2.46. The highest BCUT2D eigenvalue weighted by molar-refractivity contribution is 5.95. The molecular formula is C19H23N3O2. The van der Waals surface area contributed by atoms with E-state index in [1.165, 1.54) is 5.56 Å². The molecule has 3 heterocycles. The van der Waals surface area contributed by atoms with Crippen molar-refractivity contribution in [2.24, 2.45) is 11.8 Å². The van der Waals surface area contributed by atoms with E-state index < -0.39 is 0 Å². The summed E-state index contributed by atoms with van der Waals surface area (Å²) in [5, 5.41) is 4.50. The fraction of sp³-hybridized carbons (Fsp3) is 0.474. The minimum atomic E-state index is 0.111. The molecule has 2 aliphatic heterocycles. The maximum Gasteiger partial charge on any atom is 0.257 e. The lowest BCUT2D eigenvalue weighted by Crippen LogP contribution is -2.30. The summed E-state index contributed by atoms with van der Waals surface area (Å²) in [7, 11) is 0. The third-order valence-electron chi connectivity index (χ3n) is 5.24. The van der Waals surface area contributed by atoms with Crippen LogP contribution in [0.3, 0.4) is 0 Å². The van der Waals surface area contributed by atoms with E-state index in [4.69, 9.17) is 4.74 Å². The summed E-state index contributed by atoms with van der Waals surface area (Å²) in [4.78, 5) is 15.0. The second-order valence-corrected chi connectivity index (χ2v) is 6.87. The van der Waals surface area contributed by atoms with Crippen LogP contribution < -0.4 is 0 Å². The van der Waals surface area contributed by atoms with Crippen molar-refractivity contribution in [1.29, 1.82) is 0 Å². The maximum atomic E-state index is 13.0. The fourth-order valence-corrected chi connectivity index (χ4v) is 3.82. The molecule has 5 nitrogen and oxygen atoms in total. The molecule has 0 saturated carbocycles. The molecule has 24 heavy (non-hydrogen) atoms. The van der Waals surface area contributed by atoms with Gasteiger partial charge >= 0.3 is 0 Å². The number of rotatable bonds is 3. The molecule has 1 aromatic heterocycles. The lowest BCUT2D eigenvalue weighted by Gasteiger charge is -2.17. The van der Waals surface area contributed by atoms with Gasteiger partial charge in [-0.2, -0.15) is 5.10 Å². The Hall–Kier alpha value is -2.14. The van der Waals surface area contributed by atoms with Gasteiger partial charge in [-0.15, -0.1) is 0 Å². The molecule has 2 aromatic rings. The number of aryl methyl sites for hydroxylation is 1. The van der Waals surface area contributed by atoms with Gasteiger partial charge in [0.15, 0.2) is 0 Å². The molecule has 2 fully saturated rings. The fourth-order valence-electron chi connectivity index (χ4n) is 3.82. The number of likely N-dealkylation sites (tertiary alicyclic amines) is 1. The Bertz CT molecular complexity index is 738. The average molecular weight is 325 g/mol. The zero-order valence-corrected chi connectivity index (χ0v) is 14.2. The van der Waals surface area contributed by atoms with Gasteiger partial charge in [0.25, 0.3) is 5.91 Å². The van der Waals surface area contributed by atoms with Crippen LogP contribution in [0.1, 0.15) is 28.5 Å². The number of fused-ring (bicyclic) bond motifs is 1. The smallest absolute Gasteiger partial charge is 0.257 e. The van der Waals surface area contributed by atoms with Gasteiger partial charge in [-0.05, 0) is 25.5 Å². The SMILES string of the molecule is CCc1c(C(=O)N2C[C@H]3COC[C@H]3C2)cnn1-c1ccc(C)cc1. The zero-order chi connectivity index (χ0) is 16.7. The molecule has 4 rings (SSSR count). The van der Waals surface area contributed by atoms with Crippen molar-refractivity contribution >= 4 is 5.91 Å². The van der Waals surface area contributed by atoms with E-state index in [1.807, 2.05) is 21.7 Å². The maximum absolute atomic E-state index is 13.0. The third-order valence-corrected chi connectivity index (χ3v) is 5.24. The zero-order valence-electron chi connectivity index (χ0n) is 14.2. The van der Waals surface area contributed by atoms with Crippen LogP contribution in [-0.4, -0.2) is 46.9 Å². The number of ether oxygens (including phenoxy) is 1. The first-order valence-electron chi connectivity index (χ1n) is 8.68. The van der Waals surface area contributed by atoms with Crippen LogP contribution in [0.4, 0.5) is 0 Å². The molecule has 0 N–H and O–H groups in total. The van der Waals surface area contributed by atoms with Crippen LogP contribution in [-0.2, 0) is 11.2 Å². The van der Waals surface area contributed by atoms with Crippen molar-refractivity contribution in [3.63, 3.8) is 0 Å². The minimum Gasteiger partial charge on any atom is -0.381 e. The van der Waals surface area contributed by atoms with Gasteiger partial charge in [0.2, 0.25) is 0 Å². The highest BCUT2D eigenvalue weighted by atomic mass is 16.5. The van der Waals surface area contributed by atoms with E-state index >= 15 is 0 Å². The third kappa shape index (κ3) is 2.53. The van der Waals surface area contributed by atoms with Crippen LogP contribution in [0, 0.1) is 18.8 Å². The molecule has 2 saturated heterocycles. The molecule has 2 atom stereocenters. The standard InChI is InChI=1S/C19H23N3O2/c1-3-18-17(8-20-22(18)16-6-4-13(2)5-7-16)19(23)21-9-14-11-24-12-15(14)10-21/h4-8,14-15H,3,9-12H2,1-2H3/t14-,15+. The monoisotopic (exact) mass is 325 g/mol. The number of carbonyl (C=O) groups is 1. The summed E-state index contributed by atoms with van der Waals surface area (Å²) in [6, 6.07) is 8.24. The predicted molar refractivity (Wildman–Crippen MR) is 91.4 cm³/mol. The number of benzene rings is 1. The summed E-state index contributed by atoms with van der Waals surface area (Å²) in [6.45, 7) is 7.34. The highest BCUT2D eigenvalue weighted by Crippen LogP contribution is 2.30.